The van der Waals surface area contributed by atoms with Crippen molar-refractivity contribution in [1.29, 1.82) is 0 Å². The monoisotopic (exact) mass is 282 g/mol. The van der Waals surface area contributed by atoms with Gasteiger partial charge in [-0.3, -0.25) is 9.48 Å². The molecule has 19 heavy (non-hydrogen) atoms. The molecule has 0 aliphatic heterocycles. The van der Waals surface area contributed by atoms with Gasteiger partial charge in [-0.15, -0.1) is 11.3 Å². The molecule has 1 amide bonds. The molecular formula is C12H18N4O2S. The molecule has 2 rings (SSSR count). The van der Waals surface area contributed by atoms with Crippen molar-refractivity contribution in [1.82, 2.24) is 15.1 Å². The lowest BCUT2D eigenvalue weighted by Crippen LogP contribution is -2.35. The maximum atomic E-state index is 12.2. The van der Waals surface area contributed by atoms with Crippen molar-refractivity contribution in [3.63, 3.8) is 0 Å². The standard InChI is InChI=1S/C12H18N4O2S/c1-6(5-18-4)14-11(17)10-9(13)8-7(2)15-16(3)12(8)19-10/h6H,5,13H2,1-4H3,(H,14,17). The number of carbonyl (C=O) groups is 1. The van der Waals surface area contributed by atoms with Crippen LogP contribution in [0.25, 0.3) is 10.2 Å². The molecule has 2 aromatic rings. The molecule has 1 unspecified atom stereocenters. The summed E-state index contributed by atoms with van der Waals surface area (Å²) in [6.45, 7) is 4.25. The van der Waals surface area contributed by atoms with Crippen LogP contribution >= 0.6 is 11.3 Å². The SMILES string of the molecule is COCC(C)NC(=O)c1sc2c(c(C)nn2C)c1N. The number of nitrogens with one attached hydrogen (secondary N) is 1. The van der Waals surface area contributed by atoms with Gasteiger partial charge in [0.2, 0.25) is 0 Å². The minimum absolute atomic E-state index is 0.0543. The molecule has 2 aromatic heterocycles. The van der Waals surface area contributed by atoms with E-state index in [1.165, 1.54) is 11.3 Å². The molecule has 3 N–H and O–H groups in total. The first-order chi connectivity index (χ1) is 8.95. The number of fused-ring (bicyclic) bond motifs is 1. The number of hydrogen-bond donors (Lipinski definition) is 2. The molecule has 0 saturated heterocycles. The number of rotatable bonds is 4. The largest absolute Gasteiger partial charge is 0.397 e. The van der Waals surface area contributed by atoms with E-state index in [2.05, 4.69) is 10.4 Å². The first-order valence-electron chi connectivity index (χ1n) is 5.97. The molecule has 0 bridgehead atoms. The maximum Gasteiger partial charge on any atom is 0.263 e. The summed E-state index contributed by atoms with van der Waals surface area (Å²) < 4.78 is 6.75. The van der Waals surface area contributed by atoms with Crippen LogP contribution in [0.15, 0.2) is 0 Å². The number of thiophene rings is 1. The van der Waals surface area contributed by atoms with Gasteiger partial charge in [-0.2, -0.15) is 5.10 Å². The Morgan fingerprint density at radius 1 is 1.63 bits per heavy atom. The fourth-order valence-corrected chi connectivity index (χ4v) is 3.17. The Balaban J connectivity index is 2.33. The molecule has 1 atom stereocenters. The highest BCUT2D eigenvalue weighted by Gasteiger charge is 2.21. The first kappa shape index (κ1) is 13.8. The summed E-state index contributed by atoms with van der Waals surface area (Å²) in [5.41, 5.74) is 7.42. The Morgan fingerprint density at radius 2 is 2.32 bits per heavy atom. The van der Waals surface area contributed by atoms with Crippen LogP contribution in [0.5, 0.6) is 0 Å². The summed E-state index contributed by atoms with van der Waals surface area (Å²) in [6.07, 6.45) is 0. The maximum absolute atomic E-state index is 12.2. The van der Waals surface area contributed by atoms with E-state index in [1.54, 1.807) is 11.8 Å². The number of ether oxygens (including phenoxy) is 1. The highest BCUT2D eigenvalue weighted by atomic mass is 32.1. The van der Waals surface area contributed by atoms with Gasteiger partial charge in [0.15, 0.2) is 0 Å². The van der Waals surface area contributed by atoms with E-state index >= 15 is 0 Å². The van der Waals surface area contributed by atoms with Crippen molar-refractivity contribution in [3.05, 3.63) is 10.6 Å². The summed E-state index contributed by atoms with van der Waals surface area (Å²) in [6, 6.07) is -0.0543. The van der Waals surface area contributed by atoms with Crippen LogP contribution in [0.2, 0.25) is 0 Å². The van der Waals surface area contributed by atoms with Crippen LogP contribution in [0.4, 0.5) is 5.69 Å². The zero-order chi connectivity index (χ0) is 14.2. The van der Waals surface area contributed by atoms with E-state index < -0.39 is 0 Å². The predicted octanol–water partition coefficient (Wildman–Crippen LogP) is 1.29. The van der Waals surface area contributed by atoms with Gasteiger partial charge < -0.3 is 15.8 Å². The number of aryl methyl sites for hydroxylation is 2. The number of methoxy groups -OCH3 is 1. The second-order valence-electron chi connectivity index (χ2n) is 4.56. The number of amides is 1. The number of nitrogen functional groups attached to an aromatic ring is 1. The summed E-state index contributed by atoms with van der Waals surface area (Å²) >= 11 is 1.36. The van der Waals surface area contributed by atoms with Gasteiger partial charge in [0.05, 0.1) is 23.4 Å². The third kappa shape index (κ3) is 2.43. The lowest BCUT2D eigenvalue weighted by atomic mass is 10.2. The van der Waals surface area contributed by atoms with Crippen molar-refractivity contribution >= 4 is 33.1 Å². The minimum atomic E-state index is -0.164. The third-order valence-electron chi connectivity index (χ3n) is 2.88. The van der Waals surface area contributed by atoms with Gasteiger partial charge in [0.1, 0.15) is 9.71 Å². The number of anilines is 1. The minimum Gasteiger partial charge on any atom is -0.397 e. The van der Waals surface area contributed by atoms with Gasteiger partial charge >= 0.3 is 0 Å². The summed E-state index contributed by atoms with van der Waals surface area (Å²) in [7, 11) is 3.45. The van der Waals surface area contributed by atoms with Crippen LogP contribution in [0.1, 0.15) is 22.3 Å². The summed E-state index contributed by atoms with van der Waals surface area (Å²) in [5, 5.41) is 8.03. The van der Waals surface area contributed by atoms with Gasteiger partial charge in [-0.05, 0) is 13.8 Å². The normalized spacial score (nSPS) is 12.8. The third-order valence-corrected chi connectivity index (χ3v) is 4.15. The van der Waals surface area contributed by atoms with Crippen LogP contribution in [-0.2, 0) is 11.8 Å². The van der Waals surface area contributed by atoms with Crippen molar-refractivity contribution in [2.75, 3.05) is 19.5 Å². The summed E-state index contributed by atoms with van der Waals surface area (Å²) in [4.78, 5) is 13.6. The van der Waals surface area contributed by atoms with Gasteiger partial charge in [0.25, 0.3) is 5.91 Å². The van der Waals surface area contributed by atoms with Crippen molar-refractivity contribution in [3.8, 4) is 0 Å². The van der Waals surface area contributed by atoms with Gasteiger partial charge in [-0.25, -0.2) is 0 Å². The second kappa shape index (κ2) is 5.18. The average Bonchev–Trinajstić information content (AvgIpc) is 2.79. The Bertz CT molecular complexity index is 617. The highest BCUT2D eigenvalue weighted by Crippen LogP contribution is 2.35. The molecule has 0 spiro atoms. The number of nitrogens with two attached hydrogens (primary N) is 1. The lowest BCUT2D eigenvalue weighted by Gasteiger charge is -2.12. The molecule has 104 valence electrons. The smallest absolute Gasteiger partial charge is 0.263 e. The molecule has 7 heteroatoms. The lowest BCUT2D eigenvalue weighted by molar-refractivity contribution is 0.0910. The fourth-order valence-electron chi connectivity index (χ4n) is 2.08. The number of nitrogens with zero attached hydrogens (tertiary/aromatic N) is 2. The van der Waals surface area contributed by atoms with Gasteiger partial charge in [0, 0.05) is 20.2 Å². The molecule has 0 fully saturated rings. The van der Waals surface area contributed by atoms with E-state index in [1.807, 2.05) is 20.9 Å². The van der Waals surface area contributed by atoms with E-state index in [0.29, 0.717) is 17.2 Å². The van der Waals surface area contributed by atoms with Crippen LogP contribution < -0.4 is 11.1 Å². The highest BCUT2D eigenvalue weighted by molar-refractivity contribution is 7.21. The van der Waals surface area contributed by atoms with Crippen LogP contribution in [-0.4, -0.2) is 35.4 Å². The Kier molecular flexibility index (Phi) is 3.77. The molecule has 0 aliphatic carbocycles. The molecule has 2 heterocycles. The molecular weight excluding hydrogens is 264 g/mol. The first-order valence-corrected chi connectivity index (χ1v) is 6.78. The molecule has 0 saturated carbocycles. The molecule has 0 aliphatic rings. The zero-order valence-electron chi connectivity index (χ0n) is 11.5. The van der Waals surface area contributed by atoms with Crippen molar-refractivity contribution in [2.45, 2.75) is 19.9 Å². The van der Waals surface area contributed by atoms with Crippen molar-refractivity contribution in [2.24, 2.45) is 7.05 Å². The Hall–Kier alpha value is -1.60. The van der Waals surface area contributed by atoms with E-state index in [9.17, 15) is 4.79 Å². The number of aromatic nitrogens is 2. The average molecular weight is 282 g/mol. The molecule has 0 aromatic carbocycles. The second-order valence-corrected chi connectivity index (χ2v) is 5.56. The number of carbonyl (C=O) groups excluding carboxylic acids is 1. The van der Waals surface area contributed by atoms with Gasteiger partial charge in [-0.1, -0.05) is 0 Å². The van der Waals surface area contributed by atoms with Crippen molar-refractivity contribution < 1.29 is 9.53 Å². The quantitative estimate of drug-likeness (QED) is 0.885. The van der Waals surface area contributed by atoms with E-state index in [4.69, 9.17) is 10.5 Å². The molecule has 0 radical (unpaired) electrons. The van der Waals surface area contributed by atoms with Crippen LogP contribution in [0.3, 0.4) is 0 Å². The predicted molar refractivity (Wildman–Crippen MR) is 76.5 cm³/mol. The summed E-state index contributed by atoms with van der Waals surface area (Å²) in [5.74, 6) is -0.164. The molecule has 6 nitrogen and oxygen atoms in total. The fraction of sp³-hybridized carbons (Fsp3) is 0.500. The van der Waals surface area contributed by atoms with Crippen LogP contribution in [0, 0.1) is 6.92 Å². The zero-order valence-corrected chi connectivity index (χ0v) is 12.3. The van der Waals surface area contributed by atoms with E-state index in [-0.39, 0.29) is 11.9 Å². The Morgan fingerprint density at radius 3 is 2.89 bits per heavy atom. The number of hydrogen-bond acceptors (Lipinski definition) is 5. The Labute approximate surface area is 115 Å². The topological polar surface area (TPSA) is 82.2 Å². The van der Waals surface area contributed by atoms with E-state index in [0.717, 1.165) is 15.9 Å².